The number of carbonyl (C=O) groups excluding carboxylic acids is 1. The molecule has 4 N–H and O–H groups in total. The topological polar surface area (TPSA) is 95.0 Å². The van der Waals surface area contributed by atoms with Crippen molar-refractivity contribution in [3.8, 4) is 0 Å². The van der Waals surface area contributed by atoms with E-state index in [1.54, 1.807) is 7.05 Å². The number of ether oxygens (including phenoxy) is 1. The predicted molar refractivity (Wildman–Crippen MR) is 118 cm³/mol. The van der Waals surface area contributed by atoms with Crippen LogP contribution in [-0.2, 0) is 11.3 Å². The molecule has 0 bridgehead atoms. The van der Waals surface area contributed by atoms with Crippen LogP contribution in [0.4, 0.5) is 0 Å². The van der Waals surface area contributed by atoms with Crippen LogP contribution in [0.1, 0.15) is 35.7 Å². The zero-order valence-electron chi connectivity index (χ0n) is 16.1. The molecule has 1 heterocycles. The summed E-state index contributed by atoms with van der Waals surface area (Å²) in [4.78, 5) is 16.0. The van der Waals surface area contributed by atoms with Crippen LogP contribution < -0.4 is 16.0 Å². The number of aliphatic hydroxyl groups excluding tert-OH is 1. The molecule has 0 spiro atoms. The monoisotopic (exact) mass is 490 g/mol. The average Bonchev–Trinajstić information content (AvgIpc) is 3.11. The Morgan fingerprint density at radius 2 is 2.00 bits per heavy atom. The Bertz CT molecular complexity index is 601. The molecule has 0 aliphatic carbocycles. The Morgan fingerprint density at radius 3 is 2.56 bits per heavy atom. The number of halogens is 1. The number of amides is 1. The van der Waals surface area contributed by atoms with E-state index in [0.717, 1.165) is 25.0 Å². The number of benzene rings is 1. The quantitative estimate of drug-likeness (QED) is 0.252. The normalized spacial score (nSPS) is 19.3. The number of hydrogen-bond acceptors (Lipinski definition) is 4. The molecule has 7 nitrogen and oxygen atoms in total. The van der Waals surface area contributed by atoms with Gasteiger partial charge in [-0.25, -0.2) is 0 Å². The summed E-state index contributed by atoms with van der Waals surface area (Å²) in [6.45, 7) is 5.41. The third kappa shape index (κ3) is 7.27. The van der Waals surface area contributed by atoms with Crippen LogP contribution >= 0.6 is 24.0 Å². The van der Waals surface area contributed by atoms with Gasteiger partial charge < -0.3 is 25.8 Å². The van der Waals surface area contributed by atoms with Crippen LogP contribution in [-0.4, -0.2) is 56.9 Å². The number of aliphatic imine (C=N–C) groups is 1. The van der Waals surface area contributed by atoms with Crippen LogP contribution in [0.3, 0.4) is 0 Å². The van der Waals surface area contributed by atoms with Gasteiger partial charge in [0.1, 0.15) is 0 Å². The van der Waals surface area contributed by atoms with Crippen molar-refractivity contribution in [1.29, 1.82) is 0 Å². The summed E-state index contributed by atoms with van der Waals surface area (Å²) < 4.78 is 5.51. The van der Waals surface area contributed by atoms with Crippen LogP contribution in [0.15, 0.2) is 29.3 Å². The van der Waals surface area contributed by atoms with Crippen molar-refractivity contribution in [3.63, 3.8) is 0 Å². The van der Waals surface area contributed by atoms with E-state index in [0.29, 0.717) is 37.8 Å². The second-order valence-corrected chi connectivity index (χ2v) is 6.61. The summed E-state index contributed by atoms with van der Waals surface area (Å²) >= 11 is 0. The zero-order chi connectivity index (χ0) is 18.8. The second-order valence-electron chi connectivity index (χ2n) is 6.61. The first-order valence-electron chi connectivity index (χ1n) is 9.13. The first-order chi connectivity index (χ1) is 12.6. The maximum absolute atomic E-state index is 11.8. The highest BCUT2D eigenvalue weighted by molar-refractivity contribution is 14.0. The van der Waals surface area contributed by atoms with Gasteiger partial charge in [0.05, 0.1) is 6.61 Å². The number of rotatable bonds is 8. The fourth-order valence-corrected chi connectivity index (χ4v) is 3.03. The molecule has 0 radical (unpaired) electrons. The van der Waals surface area contributed by atoms with Crippen LogP contribution in [0.25, 0.3) is 0 Å². The lowest BCUT2D eigenvalue weighted by atomic mass is 9.84. The number of guanidine groups is 1. The summed E-state index contributed by atoms with van der Waals surface area (Å²) in [6, 6.07) is 7.51. The Balaban J connectivity index is 0.00000364. The van der Waals surface area contributed by atoms with Gasteiger partial charge in [-0.2, -0.15) is 0 Å². The predicted octanol–water partition coefficient (Wildman–Crippen LogP) is 1.51. The van der Waals surface area contributed by atoms with Crippen LogP contribution in [0, 0.1) is 5.41 Å². The molecule has 1 aromatic rings. The van der Waals surface area contributed by atoms with E-state index < -0.39 is 0 Å². The molecule has 1 aliphatic rings. The maximum Gasteiger partial charge on any atom is 0.251 e. The molecule has 8 heteroatoms. The van der Waals surface area contributed by atoms with Gasteiger partial charge >= 0.3 is 0 Å². The Labute approximate surface area is 178 Å². The highest BCUT2D eigenvalue weighted by Gasteiger charge is 2.34. The highest BCUT2D eigenvalue weighted by atomic mass is 127. The third-order valence-electron chi connectivity index (χ3n) is 4.69. The van der Waals surface area contributed by atoms with Gasteiger partial charge in [-0.15, -0.1) is 24.0 Å². The molecule has 1 fully saturated rings. The Hall–Kier alpha value is -1.39. The van der Waals surface area contributed by atoms with E-state index in [9.17, 15) is 9.90 Å². The molecule has 1 aliphatic heterocycles. The molecule has 1 atom stereocenters. The zero-order valence-corrected chi connectivity index (χ0v) is 18.4. The molecule has 0 saturated carbocycles. The summed E-state index contributed by atoms with van der Waals surface area (Å²) in [5.41, 5.74) is 1.70. The van der Waals surface area contributed by atoms with Crippen molar-refractivity contribution in [2.24, 2.45) is 10.4 Å². The first-order valence-corrected chi connectivity index (χ1v) is 9.13. The van der Waals surface area contributed by atoms with E-state index in [1.807, 2.05) is 31.2 Å². The molecule has 152 valence electrons. The van der Waals surface area contributed by atoms with Gasteiger partial charge in [0.25, 0.3) is 5.91 Å². The van der Waals surface area contributed by atoms with E-state index in [2.05, 4.69) is 20.9 Å². The molecule has 2 rings (SSSR count). The lowest BCUT2D eigenvalue weighted by molar-refractivity contribution is 0.0956. The highest BCUT2D eigenvalue weighted by Crippen LogP contribution is 2.31. The number of hydrogen-bond donors (Lipinski definition) is 4. The summed E-state index contributed by atoms with van der Waals surface area (Å²) in [5.74, 6) is 0.652. The SMILES string of the molecule is CCNC(=O)c1ccc(CNC(=NC)NCC2(CCO)CCOC2)cc1.I. The first kappa shape index (κ1) is 23.6. The average molecular weight is 490 g/mol. The lowest BCUT2D eigenvalue weighted by Crippen LogP contribution is -2.44. The molecule has 1 unspecified atom stereocenters. The number of carbonyl (C=O) groups is 1. The van der Waals surface area contributed by atoms with Crippen molar-refractivity contribution in [3.05, 3.63) is 35.4 Å². The van der Waals surface area contributed by atoms with E-state index in [-0.39, 0.29) is 41.9 Å². The minimum atomic E-state index is -0.0579. The number of aliphatic hydroxyl groups is 1. The smallest absolute Gasteiger partial charge is 0.251 e. The fraction of sp³-hybridized carbons (Fsp3) is 0.579. The van der Waals surface area contributed by atoms with Gasteiger partial charge in [0.2, 0.25) is 0 Å². The summed E-state index contributed by atoms with van der Waals surface area (Å²) in [7, 11) is 1.73. The molecule has 1 saturated heterocycles. The molecular weight excluding hydrogens is 459 g/mol. The standard InChI is InChI=1S/C19H30N4O3.HI/c1-3-21-17(25)16-6-4-15(5-7-16)12-22-18(20-2)23-13-19(8-10-24)9-11-26-14-19;/h4-7,24H,3,8-14H2,1-2H3,(H,21,25)(H2,20,22,23);1H. The molecule has 27 heavy (non-hydrogen) atoms. The molecular formula is C19H31IN4O3. The van der Waals surface area contributed by atoms with Crippen molar-refractivity contribution in [1.82, 2.24) is 16.0 Å². The van der Waals surface area contributed by atoms with Crippen LogP contribution in [0.5, 0.6) is 0 Å². The number of nitrogens with zero attached hydrogens (tertiary/aromatic N) is 1. The van der Waals surface area contributed by atoms with Crippen LogP contribution in [0.2, 0.25) is 0 Å². The largest absolute Gasteiger partial charge is 0.396 e. The molecule has 0 aromatic heterocycles. The maximum atomic E-state index is 11.8. The van der Waals surface area contributed by atoms with Crippen molar-refractivity contribution >= 4 is 35.8 Å². The molecule has 1 amide bonds. The lowest BCUT2D eigenvalue weighted by Gasteiger charge is -2.27. The minimum Gasteiger partial charge on any atom is -0.396 e. The second kappa shape index (κ2) is 12.1. The third-order valence-corrected chi connectivity index (χ3v) is 4.69. The fourth-order valence-electron chi connectivity index (χ4n) is 3.03. The van der Waals surface area contributed by atoms with Crippen molar-refractivity contribution < 1.29 is 14.6 Å². The Morgan fingerprint density at radius 1 is 1.26 bits per heavy atom. The van der Waals surface area contributed by atoms with E-state index >= 15 is 0 Å². The summed E-state index contributed by atoms with van der Waals surface area (Å²) in [6.07, 6.45) is 1.66. The van der Waals surface area contributed by atoms with Gasteiger partial charge in [0, 0.05) is 50.9 Å². The molecule has 1 aromatic carbocycles. The van der Waals surface area contributed by atoms with Gasteiger partial charge in [0.15, 0.2) is 5.96 Å². The minimum absolute atomic E-state index is 0. The van der Waals surface area contributed by atoms with Crippen molar-refractivity contribution in [2.45, 2.75) is 26.3 Å². The van der Waals surface area contributed by atoms with E-state index in [4.69, 9.17) is 4.74 Å². The van der Waals surface area contributed by atoms with E-state index in [1.165, 1.54) is 0 Å². The van der Waals surface area contributed by atoms with Crippen molar-refractivity contribution in [2.75, 3.05) is 40.0 Å². The van der Waals surface area contributed by atoms with Gasteiger partial charge in [-0.05, 0) is 37.5 Å². The number of nitrogens with one attached hydrogen (secondary N) is 3. The van der Waals surface area contributed by atoms with Gasteiger partial charge in [-0.1, -0.05) is 12.1 Å². The Kier molecular flexibility index (Phi) is 10.6. The van der Waals surface area contributed by atoms with Gasteiger partial charge in [-0.3, -0.25) is 9.79 Å². The summed E-state index contributed by atoms with van der Waals surface area (Å²) in [5, 5.41) is 18.7.